The molecule has 0 N–H and O–H groups in total. The Morgan fingerprint density at radius 2 is 1.90 bits per heavy atom. The minimum absolute atomic E-state index is 0.112. The number of rotatable bonds is 5. The number of aryl methyl sites for hydroxylation is 1. The number of hydrogen-bond acceptors (Lipinski definition) is 5. The summed E-state index contributed by atoms with van der Waals surface area (Å²) < 4.78 is 10.8. The molecule has 2 aromatic carbocycles. The first-order valence-corrected chi connectivity index (χ1v) is 10.6. The lowest BCUT2D eigenvalue weighted by molar-refractivity contribution is -0.116. The van der Waals surface area contributed by atoms with Crippen molar-refractivity contribution in [1.82, 2.24) is 4.98 Å². The number of benzene rings is 2. The number of nitrogens with zero attached hydrogens (tertiary/aromatic N) is 2. The van der Waals surface area contributed by atoms with Gasteiger partial charge in [-0.25, -0.2) is 4.98 Å². The highest BCUT2D eigenvalue weighted by Crippen LogP contribution is 2.35. The normalized spacial score (nSPS) is 15.4. The number of hydrogen-bond donors (Lipinski definition) is 0. The van der Waals surface area contributed by atoms with Crippen LogP contribution < -0.4 is 14.4 Å². The van der Waals surface area contributed by atoms with Crippen LogP contribution in [0.15, 0.2) is 47.5 Å². The Labute approximate surface area is 175 Å². The molecule has 0 spiro atoms. The van der Waals surface area contributed by atoms with E-state index in [-0.39, 0.29) is 11.9 Å². The van der Waals surface area contributed by atoms with Gasteiger partial charge >= 0.3 is 0 Å². The standard InChI is InChI=1S/C23H24N2O3S/c1-14-9-17-11-20(27-3)21(28-4)12-18(17)24-23(14)29-13-22(26)25-15(2)10-16-7-5-6-8-19(16)25/h5-9,11-12,15H,10,13H2,1-4H3/t15-/m0/s1. The first-order chi connectivity index (χ1) is 14.0. The fraction of sp³-hybridized carbons (Fsp3) is 0.304. The molecule has 1 aliphatic heterocycles. The van der Waals surface area contributed by atoms with Gasteiger partial charge in [0.25, 0.3) is 0 Å². The van der Waals surface area contributed by atoms with Crippen molar-refractivity contribution in [2.75, 3.05) is 24.9 Å². The molecule has 0 radical (unpaired) electrons. The Morgan fingerprint density at radius 3 is 2.66 bits per heavy atom. The first-order valence-electron chi connectivity index (χ1n) is 9.58. The zero-order valence-electron chi connectivity index (χ0n) is 17.1. The summed E-state index contributed by atoms with van der Waals surface area (Å²) in [5.74, 6) is 1.79. The average Bonchev–Trinajstić information content (AvgIpc) is 3.06. The molecule has 0 fully saturated rings. The van der Waals surface area contributed by atoms with Crippen LogP contribution in [0.3, 0.4) is 0 Å². The van der Waals surface area contributed by atoms with Crippen LogP contribution in [0, 0.1) is 6.92 Å². The number of ether oxygens (including phenoxy) is 2. The Hall–Kier alpha value is -2.73. The first kappa shape index (κ1) is 19.6. The number of para-hydroxylation sites is 1. The van der Waals surface area contributed by atoms with Crippen molar-refractivity contribution in [1.29, 1.82) is 0 Å². The number of anilines is 1. The molecule has 3 aromatic rings. The van der Waals surface area contributed by atoms with Crippen molar-refractivity contribution < 1.29 is 14.3 Å². The summed E-state index contributed by atoms with van der Waals surface area (Å²) in [5.41, 5.74) is 4.13. The van der Waals surface area contributed by atoms with E-state index in [0.29, 0.717) is 17.3 Å². The van der Waals surface area contributed by atoms with Crippen molar-refractivity contribution in [2.24, 2.45) is 0 Å². The van der Waals surface area contributed by atoms with Crippen LogP contribution in [0.5, 0.6) is 11.5 Å². The highest BCUT2D eigenvalue weighted by molar-refractivity contribution is 8.00. The summed E-state index contributed by atoms with van der Waals surface area (Å²) in [5, 5.41) is 1.84. The van der Waals surface area contributed by atoms with Crippen LogP contribution in [-0.2, 0) is 11.2 Å². The van der Waals surface area contributed by atoms with Crippen LogP contribution in [0.2, 0.25) is 0 Å². The minimum atomic E-state index is 0.112. The Kier molecular flexibility index (Phi) is 5.37. The fourth-order valence-corrected chi connectivity index (χ4v) is 4.73. The van der Waals surface area contributed by atoms with E-state index in [9.17, 15) is 4.79 Å². The molecular weight excluding hydrogens is 384 g/mol. The molecule has 6 heteroatoms. The summed E-state index contributed by atoms with van der Waals surface area (Å²) in [7, 11) is 3.23. The van der Waals surface area contributed by atoms with E-state index in [2.05, 4.69) is 19.1 Å². The Bertz CT molecular complexity index is 1080. The van der Waals surface area contributed by atoms with Crippen LogP contribution in [-0.4, -0.2) is 36.9 Å². The molecule has 5 nitrogen and oxygen atoms in total. The maximum atomic E-state index is 13.0. The maximum absolute atomic E-state index is 13.0. The predicted molar refractivity (Wildman–Crippen MR) is 117 cm³/mol. The largest absolute Gasteiger partial charge is 0.493 e. The molecule has 0 saturated carbocycles. The van der Waals surface area contributed by atoms with Crippen LogP contribution in [0.25, 0.3) is 10.9 Å². The summed E-state index contributed by atoms with van der Waals surface area (Å²) >= 11 is 1.48. The van der Waals surface area contributed by atoms with Crippen LogP contribution in [0.1, 0.15) is 18.1 Å². The van der Waals surface area contributed by atoms with Gasteiger partial charge < -0.3 is 14.4 Å². The maximum Gasteiger partial charge on any atom is 0.237 e. The molecule has 1 aliphatic rings. The van der Waals surface area contributed by atoms with Crippen molar-refractivity contribution in [3.63, 3.8) is 0 Å². The number of carbonyl (C=O) groups is 1. The number of pyridine rings is 1. The second-order valence-corrected chi connectivity index (χ2v) is 8.21. The highest BCUT2D eigenvalue weighted by Gasteiger charge is 2.30. The quantitative estimate of drug-likeness (QED) is 0.576. The smallest absolute Gasteiger partial charge is 0.237 e. The molecule has 0 aliphatic carbocycles. The van der Waals surface area contributed by atoms with E-state index in [1.807, 2.05) is 42.2 Å². The predicted octanol–water partition coefficient (Wildman–Crippen LogP) is 4.63. The van der Waals surface area contributed by atoms with E-state index in [1.165, 1.54) is 17.3 Å². The summed E-state index contributed by atoms with van der Waals surface area (Å²) in [6.45, 7) is 4.12. The second kappa shape index (κ2) is 7.95. The summed E-state index contributed by atoms with van der Waals surface area (Å²) in [6.07, 6.45) is 0.904. The third-order valence-corrected chi connectivity index (χ3v) is 6.35. The third kappa shape index (κ3) is 3.65. The Balaban J connectivity index is 1.56. The fourth-order valence-electron chi connectivity index (χ4n) is 3.88. The van der Waals surface area contributed by atoms with Crippen molar-refractivity contribution >= 4 is 34.3 Å². The minimum Gasteiger partial charge on any atom is -0.493 e. The van der Waals surface area contributed by atoms with Gasteiger partial charge in [0.2, 0.25) is 5.91 Å². The molecule has 0 unspecified atom stereocenters. The molecule has 4 rings (SSSR count). The molecule has 1 amide bonds. The van der Waals surface area contributed by atoms with Gasteiger partial charge in [0.1, 0.15) is 5.03 Å². The molecule has 1 atom stereocenters. The van der Waals surface area contributed by atoms with Gasteiger partial charge in [0.05, 0.1) is 25.5 Å². The monoisotopic (exact) mass is 408 g/mol. The zero-order chi connectivity index (χ0) is 20.5. The molecule has 29 heavy (non-hydrogen) atoms. The third-order valence-electron chi connectivity index (χ3n) is 5.27. The van der Waals surface area contributed by atoms with Crippen molar-refractivity contribution in [3.8, 4) is 11.5 Å². The van der Waals surface area contributed by atoms with Gasteiger partial charge in [-0.2, -0.15) is 0 Å². The molecule has 150 valence electrons. The van der Waals surface area contributed by atoms with E-state index in [0.717, 1.165) is 33.6 Å². The summed E-state index contributed by atoms with van der Waals surface area (Å²) in [6, 6.07) is 14.2. The van der Waals surface area contributed by atoms with Gasteiger partial charge in [0, 0.05) is 23.2 Å². The van der Waals surface area contributed by atoms with Gasteiger partial charge in [-0.3, -0.25) is 4.79 Å². The van der Waals surface area contributed by atoms with E-state index in [1.54, 1.807) is 14.2 Å². The molecule has 1 aromatic heterocycles. The zero-order valence-corrected chi connectivity index (χ0v) is 17.9. The molecule has 0 saturated heterocycles. The van der Waals surface area contributed by atoms with Crippen LogP contribution >= 0.6 is 11.8 Å². The lowest BCUT2D eigenvalue weighted by Gasteiger charge is -2.22. The van der Waals surface area contributed by atoms with Crippen molar-refractivity contribution in [2.45, 2.75) is 31.3 Å². The Morgan fingerprint density at radius 1 is 1.17 bits per heavy atom. The van der Waals surface area contributed by atoms with Gasteiger partial charge in [-0.15, -0.1) is 0 Å². The lowest BCUT2D eigenvalue weighted by Crippen LogP contribution is -2.37. The lowest BCUT2D eigenvalue weighted by atomic mass is 10.1. The van der Waals surface area contributed by atoms with Gasteiger partial charge in [-0.05, 0) is 49.6 Å². The topological polar surface area (TPSA) is 51.7 Å². The van der Waals surface area contributed by atoms with E-state index in [4.69, 9.17) is 14.5 Å². The van der Waals surface area contributed by atoms with E-state index >= 15 is 0 Å². The SMILES string of the molecule is COc1cc2cc(C)c(SCC(=O)N3c4ccccc4C[C@@H]3C)nc2cc1OC. The number of carbonyl (C=O) groups excluding carboxylic acids is 1. The van der Waals surface area contributed by atoms with Gasteiger partial charge in [-0.1, -0.05) is 30.0 Å². The summed E-state index contributed by atoms with van der Waals surface area (Å²) in [4.78, 5) is 19.7. The average molecular weight is 409 g/mol. The number of amides is 1. The number of aromatic nitrogens is 1. The molecule has 2 heterocycles. The van der Waals surface area contributed by atoms with Crippen molar-refractivity contribution in [3.05, 3.63) is 53.6 Å². The number of thioether (sulfide) groups is 1. The number of methoxy groups -OCH3 is 2. The molecule has 0 bridgehead atoms. The highest BCUT2D eigenvalue weighted by atomic mass is 32.2. The second-order valence-electron chi connectivity index (χ2n) is 7.24. The van der Waals surface area contributed by atoms with Crippen LogP contribution in [0.4, 0.5) is 5.69 Å². The molecular formula is C23H24N2O3S. The van der Waals surface area contributed by atoms with Gasteiger partial charge in [0.15, 0.2) is 11.5 Å². The van der Waals surface area contributed by atoms with E-state index < -0.39 is 0 Å². The number of fused-ring (bicyclic) bond motifs is 2.